The highest BCUT2D eigenvalue weighted by molar-refractivity contribution is 7.91. The summed E-state index contributed by atoms with van der Waals surface area (Å²) in [6, 6.07) is 7.74. The van der Waals surface area contributed by atoms with Gasteiger partial charge in [-0.05, 0) is 50.1 Å². The minimum Gasteiger partial charge on any atom is -0.317 e. The van der Waals surface area contributed by atoms with Gasteiger partial charge in [-0.25, -0.2) is 8.42 Å². The molecule has 0 spiro atoms. The second kappa shape index (κ2) is 8.13. The standard InChI is InChI=1S/C18H17Cl2N3O3S3/c1-2-22-12-6-5-11(19)10-14(12)27-18(22)21-17(24)13-4-3-9-23(13)29(25,26)16-8-7-15(20)28-16/h5-8,10,13H,2-4,9H2,1H3. The lowest BCUT2D eigenvalue weighted by molar-refractivity contribution is -0.121. The Bertz CT molecular complexity index is 1260. The molecule has 11 heteroatoms. The summed E-state index contributed by atoms with van der Waals surface area (Å²) in [7, 11) is -3.78. The number of thiazole rings is 1. The molecule has 29 heavy (non-hydrogen) atoms. The zero-order valence-electron chi connectivity index (χ0n) is 15.3. The minimum atomic E-state index is -3.78. The van der Waals surface area contributed by atoms with Gasteiger partial charge in [0.1, 0.15) is 10.3 Å². The molecule has 0 aliphatic carbocycles. The quantitative estimate of drug-likeness (QED) is 0.545. The number of amides is 1. The van der Waals surface area contributed by atoms with Crippen LogP contribution in [0.1, 0.15) is 19.8 Å². The molecule has 0 saturated carbocycles. The average Bonchev–Trinajstić information content (AvgIpc) is 3.39. The highest BCUT2D eigenvalue weighted by Gasteiger charge is 2.40. The Kier molecular flexibility index (Phi) is 5.89. The molecule has 0 bridgehead atoms. The molecule has 4 rings (SSSR count). The van der Waals surface area contributed by atoms with Gasteiger partial charge in [-0.2, -0.15) is 9.30 Å². The van der Waals surface area contributed by atoms with E-state index in [0.29, 0.717) is 40.1 Å². The molecule has 154 valence electrons. The summed E-state index contributed by atoms with van der Waals surface area (Å²) in [6.45, 7) is 2.89. The van der Waals surface area contributed by atoms with Crippen LogP contribution in [0.3, 0.4) is 0 Å². The minimum absolute atomic E-state index is 0.141. The molecule has 1 saturated heterocycles. The smallest absolute Gasteiger partial charge is 0.266 e. The summed E-state index contributed by atoms with van der Waals surface area (Å²) in [5.41, 5.74) is 0.942. The Balaban J connectivity index is 1.72. The number of halogens is 2. The third-order valence-electron chi connectivity index (χ3n) is 4.77. The van der Waals surface area contributed by atoms with Crippen molar-refractivity contribution in [1.82, 2.24) is 8.87 Å². The Morgan fingerprint density at radius 1 is 1.24 bits per heavy atom. The number of carbonyl (C=O) groups is 1. The first-order valence-corrected chi connectivity index (χ1v) is 12.8. The summed E-state index contributed by atoms with van der Waals surface area (Å²) in [4.78, 5) is 17.8. The van der Waals surface area contributed by atoms with Crippen molar-refractivity contribution in [2.24, 2.45) is 4.99 Å². The van der Waals surface area contributed by atoms with Crippen LogP contribution >= 0.6 is 45.9 Å². The lowest BCUT2D eigenvalue weighted by Gasteiger charge is -2.20. The molecule has 3 aromatic rings. The van der Waals surface area contributed by atoms with Gasteiger partial charge in [-0.1, -0.05) is 34.5 Å². The van der Waals surface area contributed by atoms with Crippen LogP contribution in [0.2, 0.25) is 9.36 Å². The first kappa shape index (κ1) is 21.0. The number of sulfonamides is 1. The normalized spacial score (nSPS) is 18.7. The van der Waals surface area contributed by atoms with Gasteiger partial charge in [-0.15, -0.1) is 11.3 Å². The molecule has 1 atom stereocenters. The topological polar surface area (TPSA) is 71.7 Å². The second-order valence-electron chi connectivity index (χ2n) is 6.52. The van der Waals surface area contributed by atoms with E-state index in [9.17, 15) is 13.2 Å². The Morgan fingerprint density at radius 3 is 2.72 bits per heavy atom. The molecule has 1 amide bonds. The van der Waals surface area contributed by atoms with Crippen LogP contribution in [0.4, 0.5) is 0 Å². The van der Waals surface area contributed by atoms with E-state index in [1.807, 2.05) is 23.6 Å². The van der Waals surface area contributed by atoms with Gasteiger partial charge in [0.15, 0.2) is 4.80 Å². The summed E-state index contributed by atoms with van der Waals surface area (Å²) in [6.07, 6.45) is 1.06. The molecule has 3 heterocycles. The van der Waals surface area contributed by atoms with E-state index in [0.717, 1.165) is 21.6 Å². The van der Waals surface area contributed by atoms with E-state index in [1.54, 1.807) is 12.1 Å². The lowest BCUT2D eigenvalue weighted by Crippen LogP contribution is -2.40. The number of rotatable bonds is 4. The molecular weight excluding hydrogens is 473 g/mol. The Morgan fingerprint density at radius 2 is 2.03 bits per heavy atom. The van der Waals surface area contributed by atoms with Crippen molar-refractivity contribution in [3.8, 4) is 0 Å². The van der Waals surface area contributed by atoms with Crippen LogP contribution in [-0.4, -0.2) is 35.8 Å². The van der Waals surface area contributed by atoms with Gasteiger partial charge >= 0.3 is 0 Å². The average molecular weight is 490 g/mol. The highest BCUT2D eigenvalue weighted by Crippen LogP contribution is 2.32. The van der Waals surface area contributed by atoms with E-state index in [1.165, 1.54) is 21.7 Å². The van der Waals surface area contributed by atoms with Gasteiger partial charge in [-0.3, -0.25) is 4.79 Å². The largest absolute Gasteiger partial charge is 0.317 e. The number of hydrogen-bond donors (Lipinski definition) is 0. The summed E-state index contributed by atoms with van der Waals surface area (Å²) in [5, 5.41) is 0.613. The number of aromatic nitrogens is 1. The Hall–Kier alpha value is -1.23. The van der Waals surface area contributed by atoms with Crippen molar-refractivity contribution in [2.45, 2.75) is 36.6 Å². The number of fused-ring (bicyclic) bond motifs is 1. The highest BCUT2D eigenvalue weighted by atomic mass is 35.5. The fraction of sp³-hybridized carbons (Fsp3) is 0.333. The SMILES string of the molecule is CCn1c(=NC(=O)C2CCCN2S(=O)(=O)c2ccc(Cl)s2)sc2cc(Cl)ccc21. The molecule has 1 unspecified atom stereocenters. The molecule has 6 nitrogen and oxygen atoms in total. The molecule has 1 aliphatic heterocycles. The first-order chi connectivity index (χ1) is 13.8. The number of hydrogen-bond acceptors (Lipinski definition) is 5. The third-order valence-corrected chi connectivity index (χ3v) is 9.65. The third kappa shape index (κ3) is 3.92. The predicted octanol–water partition coefficient (Wildman–Crippen LogP) is 4.37. The number of nitrogens with zero attached hydrogens (tertiary/aromatic N) is 3. The van der Waals surface area contributed by atoms with E-state index in [2.05, 4.69) is 4.99 Å². The molecule has 1 aliphatic rings. The number of thiophene rings is 1. The zero-order valence-corrected chi connectivity index (χ0v) is 19.3. The van der Waals surface area contributed by atoms with Crippen LogP contribution in [-0.2, 0) is 21.4 Å². The van der Waals surface area contributed by atoms with Crippen LogP contribution < -0.4 is 4.80 Å². The number of carbonyl (C=O) groups excluding carboxylic acids is 1. The van der Waals surface area contributed by atoms with Crippen molar-refractivity contribution in [1.29, 1.82) is 0 Å². The maximum absolute atomic E-state index is 13.0. The zero-order chi connectivity index (χ0) is 20.8. The number of benzene rings is 1. The summed E-state index contributed by atoms with van der Waals surface area (Å²) >= 11 is 14.3. The molecule has 0 N–H and O–H groups in total. The van der Waals surface area contributed by atoms with E-state index in [-0.39, 0.29) is 4.21 Å². The van der Waals surface area contributed by atoms with Crippen molar-refractivity contribution in [2.75, 3.05) is 6.54 Å². The lowest BCUT2D eigenvalue weighted by atomic mass is 10.2. The monoisotopic (exact) mass is 489 g/mol. The fourth-order valence-corrected chi connectivity index (χ4v) is 8.07. The van der Waals surface area contributed by atoms with Gasteiger partial charge in [0, 0.05) is 18.1 Å². The number of aryl methyl sites for hydroxylation is 1. The van der Waals surface area contributed by atoms with Crippen LogP contribution in [0.25, 0.3) is 10.2 Å². The first-order valence-electron chi connectivity index (χ1n) is 8.96. The molecule has 2 aromatic heterocycles. The van der Waals surface area contributed by atoms with E-state index >= 15 is 0 Å². The van der Waals surface area contributed by atoms with Crippen LogP contribution in [0, 0.1) is 0 Å². The summed E-state index contributed by atoms with van der Waals surface area (Å²) in [5.74, 6) is -0.450. The summed E-state index contributed by atoms with van der Waals surface area (Å²) < 4.78 is 30.6. The molecule has 0 radical (unpaired) electrons. The maximum atomic E-state index is 13.0. The molecule has 1 fully saturated rings. The van der Waals surface area contributed by atoms with Crippen molar-refractivity contribution in [3.05, 3.63) is 44.5 Å². The van der Waals surface area contributed by atoms with E-state index in [4.69, 9.17) is 23.2 Å². The van der Waals surface area contributed by atoms with Gasteiger partial charge in [0.05, 0.1) is 14.6 Å². The van der Waals surface area contributed by atoms with Gasteiger partial charge < -0.3 is 4.57 Å². The van der Waals surface area contributed by atoms with Crippen molar-refractivity contribution < 1.29 is 13.2 Å². The predicted molar refractivity (Wildman–Crippen MR) is 117 cm³/mol. The van der Waals surface area contributed by atoms with Gasteiger partial charge in [0.2, 0.25) is 0 Å². The van der Waals surface area contributed by atoms with Crippen molar-refractivity contribution >= 4 is 72.0 Å². The van der Waals surface area contributed by atoms with Crippen LogP contribution in [0.5, 0.6) is 0 Å². The van der Waals surface area contributed by atoms with E-state index < -0.39 is 22.0 Å². The second-order valence-corrected chi connectivity index (χ2v) is 11.8. The maximum Gasteiger partial charge on any atom is 0.266 e. The molecule has 1 aromatic carbocycles. The Labute approximate surface area is 186 Å². The fourth-order valence-electron chi connectivity index (χ4n) is 3.43. The van der Waals surface area contributed by atoms with Gasteiger partial charge in [0.25, 0.3) is 15.9 Å². The van der Waals surface area contributed by atoms with Crippen molar-refractivity contribution in [3.63, 3.8) is 0 Å². The molecular formula is C18H17Cl2N3O3S3. The van der Waals surface area contributed by atoms with Crippen LogP contribution in [0.15, 0.2) is 39.5 Å².